The summed E-state index contributed by atoms with van der Waals surface area (Å²) >= 11 is 0. The van der Waals surface area contributed by atoms with Crippen molar-refractivity contribution in [2.24, 2.45) is 22.6 Å². The van der Waals surface area contributed by atoms with Crippen LogP contribution in [0.3, 0.4) is 0 Å². The van der Waals surface area contributed by atoms with Gasteiger partial charge in [-0.25, -0.2) is 9.38 Å². The van der Waals surface area contributed by atoms with Gasteiger partial charge in [0.1, 0.15) is 11.4 Å². The van der Waals surface area contributed by atoms with E-state index in [0.717, 1.165) is 25.1 Å². The van der Waals surface area contributed by atoms with Gasteiger partial charge >= 0.3 is 0 Å². The molecular formula is C25H33FN4O3. The van der Waals surface area contributed by atoms with E-state index in [1.807, 2.05) is 20.8 Å². The van der Waals surface area contributed by atoms with E-state index in [4.69, 9.17) is 10.5 Å². The number of hydrogen-bond donors (Lipinski definition) is 1. The molecule has 1 aromatic carbocycles. The highest BCUT2D eigenvalue weighted by Crippen LogP contribution is 2.30. The average Bonchev–Trinajstić information content (AvgIpc) is 2.97. The third kappa shape index (κ3) is 5.68. The number of likely N-dealkylation sites (tertiary alicyclic amines) is 1. The number of carbonyl (C=O) groups is 2. The number of nitrogens with two attached hydrogens (primary N) is 1. The Morgan fingerprint density at radius 3 is 2.67 bits per heavy atom. The molecule has 0 aromatic heterocycles. The molecule has 0 bridgehead atoms. The van der Waals surface area contributed by atoms with Crippen molar-refractivity contribution in [3.63, 3.8) is 0 Å². The van der Waals surface area contributed by atoms with Gasteiger partial charge in [0.15, 0.2) is 0 Å². The molecule has 178 valence electrons. The van der Waals surface area contributed by atoms with Crippen LogP contribution in [0, 0.1) is 17.7 Å². The van der Waals surface area contributed by atoms with Crippen LogP contribution in [0.25, 0.3) is 0 Å². The number of fused-ring (bicyclic) bond motifs is 1. The van der Waals surface area contributed by atoms with E-state index in [2.05, 4.69) is 23.4 Å². The summed E-state index contributed by atoms with van der Waals surface area (Å²) in [4.78, 5) is 33.1. The summed E-state index contributed by atoms with van der Waals surface area (Å²) in [6.07, 6.45) is 3.63. The molecule has 1 fully saturated rings. The Balaban J connectivity index is 1.61. The van der Waals surface area contributed by atoms with Crippen LogP contribution in [-0.2, 0) is 4.74 Å². The number of halogens is 1. The first-order chi connectivity index (χ1) is 15.5. The van der Waals surface area contributed by atoms with Crippen LogP contribution in [0.1, 0.15) is 54.8 Å². The SMILES string of the molecule is C=C(CN1CCC(CN2C(=O)c3cccc(F)c3C2=O)C(C)C1)/C(=N\C=C/N)OC(C)(C)C. The Morgan fingerprint density at radius 2 is 2.06 bits per heavy atom. The van der Waals surface area contributed by atoms with Crippen molar-refractivity contribution in [3.8, 4) is 0 Å². The minimum Gasteiger partial charge on any atom is -0.472 e. The Labute approximate surface area is 194 Å². The fourth-order valence-corrected chi connectivity index (χ4v) is 4.32. The molecular weight excluding hydrogens is 423 g/mol. The Kier molecular flexibility index (Phi) is 7.37. The van der Waals surface area contributed by atoms with E-state index in [1.165, 1.54) is 35.5 Å². The number of imide groups is 1. The number of nitrogens with zero attached hydrogens (tertiary/aromatic N) is 3. The number of carbonyl (C=O) groups excluding carboxylic acids is 2. The van der Waals surface area contributed by atoms with Crippen LogP contribution < -0.4 is 5.73 Å². The number of hydrogen-bond acceptors (Lipinski definition) is 6. The maximum atomic E-state index is 14.1. The van der Waals surface area contributed by atoms with Crippen LogP contribution in [0.15, 0.2) is 47.7 Å². The van der Waals surface area contributed by atoms with Crippen LogP contribution >= 0.6 is 0 Å². The number of rotatable bonds is 6. The van der Waals surface area contributed by atoms with Gasteiger partial charge in [0.25, 0.3) is 11.8 Å². The monoisotopic (exact) mass is 456 g/mol. The minimum absolute atomic E-state index is 0.110. The van der Waals surface area contributed by atoms with Crippen molar-refractivity contribution in [2.75, 3.05) is 26.2 Å². The Morgan fingerprint density at radius 1 is 1.33 bits per heavy atom. The van der Waals surface area contributed by atoms with Crippen molar-refractivity contribution in [1.29, 1.82) is 0 Å². The standard InChI is InChI=1S/C25H33FN4O3/c1-16-13-29(14-17(2)22(28-11-10-27)33-25(3,4)5)12-9-18(16)15-30-23(31)19-7-6-8-20(26)21(19)24(30)32/h6-8,10-11,16,18H,2,9,12-15,27H2,1,3-5H3/b11-10-,28-22+. The van der Waals surface area contributed by atoms with E-state index in [1.54, 1.807) is 0 Å². The summed E-state index contributed by atoms with van der Waals surface area (Å²) in [6, 6.07) is 4.18. The molecule has 3 rings (SSSR count). The zero-order valence-electron chi connectivity index (χ0n) is 19.8. The van der Waals surface area contributed by atoms with Crippen LogP contribution in [0.4, 0.5) is 4.39 Å². The molecule has 8 heteroatoms. The molecule has 2 aliphatic heterocycles. The van der Waals surface area contributed by atoms with E-state index >= 15 is 0 Å². The lowest BCUT2D eigenvalue weighted by molar-refractivity contribution is 0.0550. The van der Waals surface area contributed by atoms with Crippen molar-refractivity contribution in [1.82, 2.24) is 9.80 Å². The maximum absolute atomic E-state index is 14.1. The Bertz CT molecular complexity index is 996. The van der Waals surface area contributed by atoms with Crippen molar-refractivity contribution < 1.29 is 18.7 Å². The molecule has 2 aliphatic rings. The maximum Gasteiger partial charge on any atom is 0.264 e. The largest absolute Gasteiger partial charge is 0.472 e. The molecule has 0 saturated carbocycles. The first kappa shape index (κ1) is 24.6. The Hall–Kier alpha value is -3.00. The summed E-state index contributed by atoms with van der Waals surface area (Å²) in [6.45, 7) is 14.5. The summed E-state index contributed by atoms with van der Waals surface area (Å²) < 4.78 is 20.1. The highest BCUT2D eigenvalue weighted by atomic mass is 19.1. The summed E-state index contributed by atoms with van der Waals surface area (Å²) in [5.74, 6) is -0.774. The molecule has 1 aromatic rings. The van der Waals surface area contributed by atoms with Gasteiger partial charge in [-0.1, -0.05) is 19.6 Å². The summed E-state index contributed by atoms with van der Waals surface area (Å²) in [5.41, 5.74) is 5.80. The smallest absolute Gasteiger partial charge is 0.264 e. The molecule has 0 aliphatic carbocycles. The molecule has 0 radical (unpaired) electrons. The third-order valence-electron chi connectivity index (χ3n) is 5.93. The van der Waals surface area contributed by atoms with Crippen molar-refractivity contribution >= 4 is 17.7 Å². The van der Waals surface area contributed by atoms with E-state index in [-0.39, 0.29) is 23.0 Å². The van der Waals surface area contributed by atoms with Gasteiger partial charge in [0.05, 0.1) is 11.1 Å². The van der Waals surface area contributed by atoms with Crippen molar-refractivity contribution in [2.45, 2.75) is 39.7 Å². The number of amides is 2. The quantitative estimate of drug-likeness (QED) is 0.402. The van der Waals surface area contributed by atoms with E-state index < -0.39 is 23.2 Å². The van der Waals surface area contributed by atoms with Gasteiger partial charge in [-0.2, -0.15) is 0 Å². The molecule has 2 unspecified atom stereocenters. The van der Waals surface area contributed by atoms with Crippen LogP contribution in [0.2, 0.25) is 0 Å². The van der Waals surface area contributed by atoms with Gasteiger partial charge in [-0.05, 0) is 57.7 Å². The molecule has 2 amide bonds. The number of aliphatic imine (C=N–C) groups is 1. The zero-order valence-corrected chi connectivity index (χ0v) is 19.8. The second-order valence-electron chi connectivity index (χ2n) is 9.74. The lowest BCUT2D eigenvalue weighted by atomic mass is 9.86. The highest BCUT2D eigenvalue weighted by molar-refractivity contribution is 6.21. The fraction of sp³-hybridized carbons (Fsp3) is 0.480. The van der Waals surface area contributed by atoms with Gasteiger partial charge in [0.2, 0.25) is 5.90 Å². The highest BCUT2D eigenvalue weighted by Gasteiger charge is 2.40. The second kappa shape index (κ2) is 9.87. The van der Waals surface area contributed by atoms with Crippen molar-refractivity contribution in [3.05, 3.63) is 59.7 Å². The fourth-order valence-electron chi connectivity index (χ4n) is 4.32. The summed E-state index contributed by atoms with van der Waals surface area (Å²) in [5, 5.41) is 0. The first-order valence-electron chi connectivity index (χ1n) is 11.2. The normalized spacial score (nSPS) is 22.2. The minimum atomic E-state index is -0.644. The predicted octanol–water partition coefficient (Wildman–Crippen LogP) is 3.58. The molecule has 2 heterocycles. The van der Waals surface area contributed by atoms with Crippen LogP contribution in [0.5, 0.6) is 0 Å². The average molecular weight is 457 g/mol. The van der Waals surface area contributed by atoms with Gasteiger partial charge in [0, 0.05) is 37.6 Å². The molecule has 2 atom stereocenters. The molecule has 1 saturated heterocycles. The van der Waals surface area contributed by atoms with Gasteiger partial charge in [-0.3, -0.25) is 19.4 Å². The van der Waals surface area contributed by atoms with E-state index in [9.17, 15) is 14.0 Å². The molecule has 0 spiro atoms. The molecule has 33 heavy (non-hydrogen) atoms. The number of benzene rings is 1. The van der Waals surface area contributed by atoms with Gasteiger partial charge < -0.3 is 10.5 Å². The third-order valence-corrected chi connectivity index (χ3v) is 5.93. The zero-order chi connectivity index (χ0) is 24.3. The predicted molar refractivity (Wildman–Crippen MR) is 126 cm³/mol. The van der Waals surface area contributed by atoms with E-state index in [0.29, 0.717) is 19.0 Å². The van der Waals surface area contributed by atoms with Crippen LogP contribution in [-0.4, -0.2) is 59.3 Å². The number of piperidine rings is 1. The summed E-state index contributed by atoms with van der Waals surface area (Å²) in [7, 11) is 0. The van der Waals surface area contributed by atoms with Gasteiger partial charge in [-0.15, -0.1) is 0 Å². The lowest BCUT2D eigenvalue weighted by Crippen LogP contribution is -2.46. The first-order valence-corrected chi connectivity index (χ1v) is 11.2. The topological polar surface area (TPSA) is 88.2 Å². The second-order valence-corrected chi connectivity index (χ2v) is 9.74. The number of ether oxygens (including phenoxy) is 1. The molecule has 7 nitrogen and oxygen atoms in total. The molecule has 2 N–H and O–H groups in total. The lowest BCUT2D eigenvalue weighted by Gasteiger charge is -2.38.